The van der Waals surface area contributed by atoms with Gasteiger partial charge in [0.05, 0.1) is 95.9 Å². The number of carbonyl (C=O) groups excluding carboxylic acids is 4. The molecule has 0 aliphatic carbocycles. The van der Waals surface area contributed by atoms with Crippen LogP contribution in [0.25, 0.3) is 61.0 Å². The average Bonchev–Trinajstić information content (AvgIpc) is 1.65. The molecule has 3 aliphatic heterocycles. The molecule has 25 heteroatoms. The Bertz CT molecular complexity index is 3710. The maximum Gasteiger partial charge on any atom is 1.00 e. The Morgan fingerprint density at radius 3 is 1.73 bits per heavy atom. The molecule has 3 atom stereocenters. The monoisotopic (exact) mass is 1260 g/mol. The summed E-state index contributed by atoms with van der Waals surface area (Å²) in [7, 11) is 9.15. The smallest absolute Gasteiger partial charge is 0.850 e. The molecule has 4 amide bonds. The van der Waals surface area contributed by atoms with Crippen LogP contribution >= 0.6 is 34.8 Å². The second-order valence-electron chi connectivity index (χ2n) is 22.2. The van der Waals surface area contributed by atoms with Gasteiger partial charge in [0.2, 0.25) is 11.8 Å². The molecule has 2 fully saturated rings. The van der Waals surface area contributed by atoms with Gasteiger partial charge in [-0.3, -0.25) is 38.5 Å². The number of primary amides is 1. The Labute approximate surface area is 557 Å². The van der Waals surface area contributed by atoms with Gasteiger partial charge in [-0.1, -0.05) is 80.4 Å². The van der Waals surface area contributed by atoms with Crippen LogP contribution in [0.1, 0.15) is 56.3 Å². The average molecular weight is 1260 g/mol. The van der Waals surface area contributed by atoms with Gasteiger partial charge in [-0.2, -0.15) is 15.3 Å². The normalized spacial score (nSPS) is 15.3. The minimum Gasteiger partial charge on any atom is -0.850 e. The van der Waals surface area contributed by atoms with Crippen molar-refractivity contribution in [3.63, 3.8) is 0 Å². The first-order valence-electron chi connectivity index (χ1n) is 27.6. The zero-order valence-corrected chi connectivity index (χ0v) is 55.5. The topological polar surface area (TPSA) is 269 Å². The van der Waals surface area contributed by atoms with Crippen molar-refractivity contribution in [2.24, 2.45) is 5.73 Å². The molecule has 3 aliphatic rings. The summed E-state index contributed by atoms with van der Waals surface area (Å²) in [6.45, 7) is 13.8. The predicted octanol–water partition coefficient (Wildman–Crippen LogP) is 3.20. The molecule has 8 aromatic rings. The summed E-state index contributed by atoms with van der Waals surface area (Å²) in [6.07, 6.45) is 5.30. The molecular weight excluding hydrogens is 1190 g/mol. The molecule has 3 unspecified atom stereocenters. The summed E-state index contributed by atoms with van der Waals surface area (Å²) in [6, 6.07) is 23.8. The first-order chi connectivity index (χ1) is 40.3. The minimum atomic E-state index is -0.750. The standard InChI is InChI=1S/C26H24ClN5O3.C14H19ClN4O2.C13H14ClN3O2.C4H8O.C4H9O.K/c1-4-31-14-19(17-7-5-6-8-20(17)31)22-23(26(35)28-25(22)34)24-18-11-15(27)9-10-21(18)32(29-24)13-16(33)12-30(2)3;1-18(2)7-10(20)8-19-13-4-3-9(15)5-11(13)12(17-19)6-14(16)21;1-15-13(18)5-11-10-4-8(14)2-3-12(10)17(16-11)6-9-7-19-9;1-2-4-5-3-1;1-4(2,3)5;/h4-11,14,16,33H,1,12-13H2,2-3H3,(H,28,34,35);3-5,10,20H,6-8H2,1-2H3,(H2,16,21);2-4,9H,5-7H2,1H3,(H,15,18);1-4H2;1-3H3;/q;;;;-1;+1. The van der Waals surface area contributed by atoms with Gasteiger partial charge in [0.25, 0.3) is 11.8 Å². The summed E-state index contributed by atoms with van der Waals surface area (Å²) in [5.74, 6) is -1.53. The first kappa shape index (κ1) is 69.7. The summed E-state index contributed by atoms with van der Waals surface area (Å²) in [5.41, 5.74) is 10.6. The fourth-order valence-corrected chi connectivity index (χ4v) is 10.1. The summed E-state index contributed by atoms with van der Waals surface area (Å²) >= 11 is 18.3. The van der Waals surface area contributed by atoms with E-state index in [0.717, 1.165) is 58.2 Å². The van der Waals surface area contributed by atoms with Gasteiger partial charge in [-0.25, -0.2) is 0 Å². The molecule has 0 bridgehead atoms. The predicted molar refractivity (Wildman–Crippen MR) is 332 cm³/mol. The van der Waals surface area contributed by atoms with Crippen LogP contribution in [0.2, 0.25) is 15.1 Å². The number of rotatable bonds is 17. The van der Waals surface area contributed by atoms with E-state index in [0.29, 0.717) is 69.1 Å². The third kappa shape index (κ3) is 19.3. The Hall–Kier alpha value is -5.38. The molecule has 0 spiro atoms. The number of imide groups is 1. The second kappa shape index (κ2) is 31.7. The van der Waals surface area contributed by atoms with E-state index in [2.05, 4.69) is 27.4 Å². The third-order valence-electron chi connectivity index (χ3n) is 13.1. The maximum absolute atomic E-state index is 13.1. The van der Waals surface area contributed by atoms with Crippen molar-refractivity contribution in [3.05, 3.63) is 129 Å². The molecule has 454 valence electrons. The number of likely N-dealkylation sites (N-methyl/N-ethyl adjacent to an activating group) is 3. The number of aliphatic hydroxyl groups is 2. The number of hydrogen-bond acceptors (Lipinski definition) is 14. The molecule has 4 aromatic heterocycles. The van der Waals surface area contributed by atoms with Crippen LogP contribution in [-0.4, -0.2) is 170 Å². The molecule has 2 saturated heterocycles. The van der Waals surface area contributed by atoms with E-state index in [1.807, 2.05) is 95.8 Å². The fraction of sp³-hybridized carbons (Fsp3) is 0.393. The van der Waals surface area contributed by atoms with Crippen LogP contribution < -0.4 is 72.9 Å². The van der Waals surface area contributed by atoms with E-state index in [4.69, 9.17) is 55.1 Å². The number of hydrogen-bond donors (Lipinski definition) is 5. The zero-order chi connectivity index (χ0) is 61.9. The zero-order valence-electron chi connectivity index (χ0n) is 50.1. The quantitative estimate of drug-likeness (QED) is 0.0498. The van der Waals surface area contributed by atoms with Crippen LogP contribution in [0, 0.1) is 0 Å². The van der Waals surface area contributed by atoms with Crippen LogP contribution in [0.5, 0.6) is 0 Å². The number of nitrogens with one attached hydrogen (secondary N) is 2. The largest absolute Gasteiger partial charge is 1.00 e. The number of amides is 4. The van der Waals surface area contributed by atoms with Crippen molar-refractivity contribution in [1.82, 2.24) is 54.3 Å². The molecule has 0 radical (unpaired) electrons. The number of epoxide rings is 1. The van der Waals surface area contributed by atoms with Crippen molar-refractivity contribution in [3.8, 4) is 0 Å². The molecule has 0 saturated carbocycles. The minimum absolute atomic E-state index is 0. The number of nitrogens with two attached hydrogens (primary N) is 1. The van der Waals surface area contributed by atoms with E-state index in [1.165, 1.54) is 12.8 Å². The number of aromatic nitrogens is 7. The van der Waals surface area contributed by atoms with Gasteiger partial charge in [-0.05, 0) is 102 Å². The second-order valence-corrected chi connectivity index (χ2v) is 23.5. The Balaban J connectivity index is 0.000000199. The van der Waals surface area contributed by atoms with Crippen molar-refractivity contribution >= 4 is 119 Å². The van der Waals surface area contributed by atoms with E-state index in [-0.39, 0.29) is 93.9 Å². The molecule has 4 aromatic carbocycles. The van der Waals surface area contributed by atoms with Crippen molar-refractivity contribution in [2.45, 2.75) is 90.0 Å². The number of carbonyl (C=O) groups is 4. The van der Waals surface area contributed by atoms with Crippen LogP contribution in [0.4, 0.5) is 0 Å². The van der Waals surface area contributed by atoms with Gasteiger partial charge in [-0.15, -0.1) is 5.60 Å². The van der Waals surface area contributed by atoms with E-state index in [9.17, 15) is 34.5 Å². The van der Waals surface area contributed by atoms with Crippen molar-refractivity contribution in [1.29, 1.82) is 0 Å². The number of para-hydroxylation sites is 1. The number of benzene rings is 4. The van der Waals surface area contributed by atoms with E-state index in [1.54, 1.807) is 79.9 Å². The van der Waals surface area contributed by atoms with Gasteiger partial charge < -0.3 is 50.2 Å². The molecule has 21 nitrogen and oxygen atoms in total. The molecule has 11 rings (SSSR count). The number of fused-ring (bicyclic) bond motifs is 4. The molecule has 7 heterocycles. The van der Waals surface area contributed by atoms with Gasteiger partial charge >= 0.3 is 51.4 Å². The number of nitrogens with zero attached hydrogens (tertiary/aromatic N) is 9. The van der Waals surface area contributed by atoms with Gasteiger partial charge in [0, 0.05) is 87.9 Å². The van der Waals surface area contributed by atoms with Crippen molar-refractivity contribution < 1.29 is 95.4 Å². The van der Waals surface area contributed by atoms with Crippen LogP contribution in [0.15, 0.2) is 91.6 Å². The fourth-order valence-electron chi connectivity index (χ4n) is 9.58. The van der Waals surface area contributed by atoms with Crippen LogP contribution in [0.3, 0.4) is 0 Å². The molecular formula is C61H74Cl3KN12O9. The third-order valence-corrected chi connectivity index (χ3v) is 13.8. The Morgan fingerprint density at radius 2 is 1.24 bits per heavy atom. The van der Waals surface area contributed by atoms with Crippen molar-refractivity contribution in [2.75, 3.05) is 68.1 Å². The van der Waals surface area contributed by atoms with E-state index < -0.39 is 35.5 Å². The molecule has 86 heavy (non-hydrogen) atoms. The summed E-state index contributed by atoms with van der Waals surface area (Å²) in [4.78, 5) is 52.7. The van der Waals surface area contributed by atoms with Crippen LogP contribution in [-0.2, 0) is 61.1 Å². The summed E-state index contributed by atoms with van der Waals surface area (Å²) in [5, 5.41) is 54.2. The van der Waals surface area contributed by atoms with Gasteiger partial charge in [0.1, 0.15) is 11.8 Å². The number of ether oxygens (including phenoxy) is 2. The number of halogens is 3. The summed E-state index contributed by atoms with van der Waals surface area (Å²) < 4.78 is 17.2. The maximum atomic E-state index is 13.1. The SMILES string of the molecule is C1CCOC1.C=Cn1cc(C2=C(c3nn(CC(O)CN(C)C)c4ccc(Cl)cc34)C(=O)NC2=O)c2ccccc21.CC(C)(C)[O-].CN(C)CC(O)Cn1nc(CC(N)=O)c2cc(Cl)ccc21.CNC(=O)Cc1nn(CC2CO2)c2ccc(Cl)cc12.[K+]. The molecule has 6 N–H and O–H groups in total. The Morgan fingerprint density at radius 1 is 0.767 bits per heavy atom. The first-order valence-corrected chi connectivity index (χ1v) is 28.8. The Kier molecular flexibility index (Phi) is 25.7. The number of aliphatic hydroxyl groups excluding tert-OH is 2. The van der Waals surface area contributed by atoms with E-state index >= 15 is 0 Å². The van der Waals surface area contributed by atoms with Gasteiger partial charge in [0.15, 0.2) is 0 Å².